The molecule has 1 atom stereocenters. The summed E-state index contributed by atoms with van der Waals surface area (Å²) in [6.07, 6.45) is -0.509. The van der Waals surface area contributed by atoms with Crippen LogP contribution in [-0.4, -0.2) is 53.8 Å². The molecular formula is C16H19N3O4. The van der Waals surface area contributed by atoms with Gasteiger partial charge >= 0.3 is 12.1 Å². The third-order valence-electron chi connectivity index (χ3n) is 3.96. The van der Waals surface area contributed by atoms with Gasteiger partial charge < -0.3 is 19.6 Å². The van der Waals surface area contributed by atoms with Crippen molar-refractivity contribution in [1.29, 1.82) is 5.26 Å². The molecule has 122 valence electrons. The molecule has 23 heavy (non-hydrogen) atoms. The van der Waals surface area contributed by atoms with Crippen molar-refractivity contribution in [2.45, 2.75) is 19.4 Å². The van der Waals surface area contributed by atoms with Gasteiger partial charge in [-0.05, 0) is 32.0 Å². The van der Waals surface area contributed by atoms with Gasteiger partial charge in [-0.2, -0.15) is 5.26 Å². The van der Waals surface area contributed by atoms with Crippen LogP contribution in [0.1, 0.15) is 19.4 Å². The normalized spacial score (nSPS) is 20.7. The average molecular weight is 317 g/mol. The van der Waals surface area contributed by atoms with E-state index in [4.69, 9.17) is 10.00 Å². The number of ether oxygens (including phenoxy) is 1. The minimum absolute atomic E-state index is 0.0119. The number of carbonyl (C=O) groups is 2. The molecule has 0 radical (unpaired) electrons. The molecular weight excluding hydrogens is 298 g/mol. The first kappa shape index (κ1) is 16.6. The van der Waals surface area contributed by atoms with Crippen LogP contribution in [0.15, 0.2) is 24.3 Å². The van der Waals surface area contributed by atoms with Crippen LogP contribution < -0.4 is 4.90 Å². The lowest BCUT2D eigenvalue weighted by Crippen LogP contribution is -2.66. The van der Waals surface area contributed by atoms with Crippen LogP contribution in [0.5, 0.6) is 0 Å². The molecule has 0 aromatic heterocycles. The van der Waals surface area contributed by atoms with Gasteiger partial charge in [-0.1, -0.05) is 6.07 Å². The Bertz CT molecular complexity index is 655. The highest BCUT2D eigenvalue weighted by atomic mass is 16.6. The van der Waals surface area contributed by atoms with Crippen molar-refractivity contribution >= 4 is 17.7 Å². The molecule has 7 nitrogen and oxygen atoms in total. The fourth-order valence-corrected chi connectivity index (χ4v) is 2.71. The van der Waals surface area contributed by atoms with E-state index in [1.807, 2.05) is 6.07 Å². The number of carboxylic acids is 1. The Labute approximate surface area is 134 Å². The zero-order valence-corrected chi connectivity index (χ0v) is 13.2. The molecule has 7 heteroatoms. The molecule has 1 aliphatic rings. The predicted molar refractivity (Wildman–Crippen MR) is 83.1 cm³/mol. The van der Waals surface area contributed by atoms with Crippen LogP contribution in [0.2, 0.25) is 0 Å². The van der Waals surface area contributed by atoms with E-state index in [2.05, 4.69) is 0 Å². The van der Waals surface area contributed by atoms with Crippen molar-refractivity contribution in [1.82, 2.24) is 4.90 Å². The number of nitrogens with zero attached hydrogens (tertiary/aromatic N) is 3. The highest BCUT2D eigenvalue weighted by Gasteiger charge is 2.46. The van der Waals surface area contributed by atoms with Crippen molar-refractivity contribution in [2.75, 3.05) is 31.1 Å². The standard InChI is InChI=1S/C16H19N3O4/c1-3-23-15(22)18-7-8-19(16(2,11-18)14(20)21)13-6-4-5-12(9-13)10-17/h4-6,9H,3,7-8,11H2,1-2H3,(H,20,21). The van der Waals surface area contributed by atoms with E-state index in [1.54, 1.807) is 43.0 Å². The van der Waals surface area contributed by atoms with Gasteiger partial charge in [0.2, 0.25) is 0 Å². The monoisotopic (exact) mass is 317 g/mol. The summed E-state index contributed by atoms with van der Waals surface area (Å²) in [7, 11) is 0. The van der Waals surface area contributed by atoms with Crippen molar-refractivity contribution in [3.8, 4) is 6.07 Å². The molecule has 1 aliphatic heterocycles. The number of rotatable bonds is 3. The Hall–Kier alpha value is -2.75. The lowest BCUT2D eigenvalue weighted by molar-refractivity contribution is -0.144. The fraction of sp³-hybridized carbons (Fsp3) is 0.438. The van der Waals surface area contributed by atoms with Gasteiger partial charge in [-0.3, -0.25) is 0 Å². The fourth-order valence-electron chi connectivity index (χ4n) is 2.71. The minimum Gasteiger partial charge on any atom is -0.479 e. The Morgan fingerprint density at radius 2 is 2.17 bits per heavy atom. The van der Waals surface area contributed by atoms with E-state index < -0.39 is 17.6 Å². The van der Waals surface area contributed by atoms with Gasteiger partial charge in [0.1, 0.15) is 0 Å². The van der Waals surface area contributed by atoms with E-state index >= 15 is 0 Å². The molecule has 0 bridgehead atoms. The summed E-state index contributed by atoms with van der Waals surface area (Å²) in [5.41, 5.74) is -0.181. The maximum atomic E-state index is 11.9. The molecule has 1 unspecified atom stereocenters. The minimum atomic E-state index is -1.29. The third-order valence-corrected chi connectivity index (χ3v) is 3.96. The van der Waals surface area contributed by atoms with Gasteiger partial charge in [0, 0.05) is 18.8 Å². The van der Waals surface area contributed by atoms with Gasteiger partial charge in [-0.15, -0.1) is 0 Å². The summed E-state index contributed by atoms with van der Waals surface area (Å²) >= 11 is 0. The van der Waals surface area contributed by atoms with Crippen molar-refractivity contribution < 1.29 is 19.4 Å². The summed E-state index contributed by atoms with van der Waals surface area (Å²) in [6.45, 7) is 4.23. The van der Waals surface area contributed by atoms with Crippen LogP contribution in [0.3, 0.4) is 0 Å². The first-order valence-corrected chi connectivity index (χ1v) is 7.35. The summed E-state index contributed by atoms with van der Waals surface area (Å²) in [4.78, 5) is 26.9. The molecule has 0 spiro atoms. The highest BCUT2D eigenvalue weighted by Crippen LogP contribution is 2.29. The molecule has 1 fully saturated rings. The maximum Gasteiger partial charge on any atom is 0.409 e. The molecule has 1 heterocycles. The number of hydrogen-bond donors (Lipinski definition) is 1. The van der Waals surface area contributed by atoms with Gasteiger partial charge in [0.05, 0.1) is 24.8 Å². The third kappa shape index (κ3) is 3.21. The summed E-state index contributed by atoms with van der Waals surface area (Å²) in [6, 6.07) is 8.85. The van der Waals surface area contributed by atoms with Gasteiger partial charge in [0.15, 0.2) is 5.54 Å². The number of carbonyl (C=O) groups excluding carboxylic acids is 1. The Kier molecular flexibility index (Phi) is 4.74. The molecule has 1 amide bonds. The zero-order valence-electron chi connectivity index (χ0n) is 13.2. The maximum absolute atomic E-state index is 11.9. The second-order valence-electron chi connectivity index (χ2n) is 5.51. The smallest absolute Gasteiger partial charge is 0.409 e. The van der Waals surface area contributed by atoms with Crippen LogP contribution in [0, 0.1) is 11.3 Å². The van der Waals surface area contributed by atoms with Gasteiger partial charge in [0.25, 0.3) is 0 Å². The van der Waals surface area contributed by atoms with Crippen LogP contribution in [0.4, 0.5) is 10.5 Å². The van der Waals surface area contributed by atoms with E-state index in [0.717, 1.165) is 0 Å². The zero-order chi connectivity index (χ0) is 17.0. The number of carboxylic acid groups (broad SMARTS) is 1. The number of nitriles is 1. The second-order valence-corrected chi connectivity index (χ2v) is 5.51. The van der Waals surface area contributed by atoms with Crippen molar-refractivity contribution in [2.24, 2.45) is 0 Å². The summed E-state index contributed by atoms with van der Waals surface area (Å²) in [5, 5.41) is 18.7. The Morgan fingerprint density at radius 1 is 1.43 bits per heavy atom. The lowest BCUT2D eigenvalue weighted by atomic mass is 9.95. The topological polar surface area (TPSA) is 93.9 Å². The molecule has 1 aromatic rings. The predicted octanol–water partition coefficient (Wildman–Crippen LogP) is 1.68. The molecule has 2 rings (SSSR count). The number of hydrogen-bond acceptors (Lipinski definition) is 5. The first-order chi connectivity index (χ1) is 10.9. The number of anilines is 1. The quantitative estimate of drug-likeness (QED) is 0.911. The summed E-state index contributed by atoms with van der Waals surface area (Å²) in [5.74, 6) is -1.03. The largest absolute Gasteiger partial charge is 0.479 e. The number of aliphatic carboxylic acids is 1. The van der Waals surface area contributed by atoms with Gasteiger partial charge in [-0.25, -0.2) is 9.59 Å². The van der Waals surface area contributed by atoms with Crippen molar-refractivity contribution in [3.63, 3.8) is 0 Å². The second kappa shape index (κ2) is 6.57. The molecule has 1 N–H and O–H groups in total. The molecule has 1 aromatic carbocycles. The van der Waals surface area contributed by atoms with E-state index in [0.29, 0.717) is 24.3 Å². The SMILES string of the molecule is CCOC(=O)N1CCN(c2cccc(C#N)c2)C(C)(C(=O)O)C1. The average Bonchev–Trinajstić information content (AvgIpc) is 2.54. The Balaban J connectivity index is 2.32. The lowest BCUT2D eigenvalue weighted by Gasteiger charge is -2.47. The van der Waals surface area contributed by atoms with E-state index in [9.17, 15) is 14.7 Å². The van der Waals surface area contributed by atoms with Crippen LogP contribution >= 0.6 is 0 Å². The highest BCUT2D eigenvalue weighted by molar-refractivity contribution is 5.85. The van der Waals surface area contributed by atoms with Crippen LogP contribution in [0.25, 0.3) is 0 Å². The molecule has 0 saturated carbocycles. The van der Waals surface area contributed by atoms with Crippen molar-refractivity contribution in [3.05, 3.63) is 29.8 Å². The van der Waals surface area contributed by atoms with E-state index in [-0.39, 0.29) is 13.2 Å². The van der Waals surface area contributed by atoms with Crippen LogP contribution in [-0.2, 0) is 9.53 Å². The molecule has 1 saturated heterocycles. The summed E-state index contributed by atoms with van der Waals surface area (Å²) < 4.78 is 4.96. The number of piperazine rings is 1. The first-order valence-electron chi connectivity index (χ1n) is 7.35. The van der Waals surface area contributed by atoms with E-state index in [1.165, 1.54) is 4.90 Å². The molecule has 0 aliphatic carbocycles. The number of amides is 1. The Morgan fingerprint density at radius 3 is 2.78 bits per heavy atom. The number of benzene rings is 1.